The minimum Gasteiger partial charge on any atom is -0.294 e. The Morgan fingerprint density at radius 2 is 1.62 bits per heavy atom. The molecule has 0 aliphatic rings. The highest BCUT2D eigenvalue weighted by atomic mass is 79.9. The molecule has 21 heavy (non-hydrogen) atoms. The van der Waals surface area contributed by atoms with Crippen LogP contribution in [0.5, 0.6) is 0 Å². The Balaban J connectivity index is 2.02. The highest BCUT2D eigenvalue weighted by molar-refractivity contribution is 9.10. The molecule has 0 N–H and O–H groups in total. The molecule has 0 saturated heterocycles. The van der Waals surface area contributed by atoms with Gasteiger partial charge in [-0.1, -0.05) is 50.1 Å². The Bertz CT molecular complexity index is 621. The van der Waals surface area contributed by atoms with E-state index in [2.05, 4.69) is 31.9 Å². The quantitative estimate of drug-likeness (QED) is 0.442. The van der Waals surface area contributed by atoms with E-state index < -0.39 is 23.0 Å². The van der Waals surface area contributed by atoms with Gasteiger partial charge in [0.1, 0.15) is 11.6 Å². The maximum Gasteiger partial charge on any atom is 0.168 e. The molecule has 0 heterocycles. The van der Waals surface area contributed by atoms with Crippen molar-refractivity contribution < 1.29 is 13.6 Å². The summed E-state index contributed by atoms with van der Waals surface area (Å²) in [7, 11) is 0. The van der Waals surface area contributed by atoms with Crippen molar-refractivity contribution in [2.24, 2.45) is 0 Å². The van der Waals surface area contributed by atoms with E-state index in [1.165, 1.54) is 6.07 Å². The second-order valence-electron chi connectivity index (χ2n) is 4.58. The highest BCUT2D eigenvalue weighted by Crippen LogP contribution is 2.29. The van der Waals surface area contributed by atoms with E-state index in [4.69, 9.17) is 0 Å². The maximum absolute atomic E-state index is 13.5. The molecule has 1 unspecified atom stereocenters. The van der Waals surface area contributed by atoms with Crippen molar-refractivity contribution in [1.29, 1.82) is 0 Å². The van der Waals surface area contributed by atoms with Crippen LogP contribution in [-0.2, 0) is 0 Å². The first-order chi connectivity index (χ1) is 9.99. The molecule has 0 spiro atoms. The van der Waals surface area contributed by atoms with Crippen molar-refractivity contribution >= 4 is 37.6 Å². The summed E-state index contributed by atoms with van der Waals surface area (Å²) in [6.45, 7) is 0. The first kappa shape index (κ1) is 16.3. The van der Waals surface area contributed by atoms with E-state index in [0.717, 1.165) is 22.2 Å². The van der Waals surface area contributed by atoms with Crippen LogP contribution in [0.1, 0.15) is 33.6 Å². The van der Waals surface area contributed by atoms with Gasteiger partial charge < -0.3 is 0 Å². The Morgan fingerprint density at radius 1 is 1.05 bits per heavy atom. The zero-order chi connectivity index (χ0) is 15.4. The molecule has 5 heteroatoms. The third-order valence-electron chi connectivity index (χ3n) is 3.10. The first-order valence-electron chi connectivity index (χ1n) is 6.36. The zero-order valence-corrected chi connectivity index (χ0v) is 14.1. The van der Waals surface area contributed by atoms with Crippen LogP contribution < -0.4 is 0 Å². The molecule has 110 valence electrons. The van der Waals surface area contributed by atoms with Crippen LogP contribution in [0, 0.1) is 11.6 Å². The molecule has 0 saturated carbocycles. The van der Waals surface area contributed by atoms with Crippen molar-refractivity contribution in [1.82, 2.24) is 0 Å². The average molecular weight is 418 g/mol. The second-order valence-corrected chi connectivity index (χ2v) is 6.60. The monoisotopic (exact) mass is 416 g/mol. The fraction of sp³-hybridized carbons (Fsp3) is 0.188. The van der Waals surface area contributed by atoms with E-state index in [0.29, 0.717) is 6.42 Å². The lowest BCUT2D eigenvalue weighted by Crippen LogP contribution is -2.07. The Labute approximate surface area is 138 Å². The number of carbonyl (C=O) groups is 1. The predicted molar refractivity (Wildman–Crippen MR) is 85.7 cm³/mol. The number of alkyl halides is 1. The number of Topliss-reactive ketones (excluding diaryl/α,β-unsaturated/α-hetero) is 1. The van der Waals surface area contributed by atoms with Gasteiger partial charge in [-0.25, -0.2) is 8.78 Å². The summed E-state index contributed by atoms with van der Waals surface area (Å²) in [5.74, 6) is -2.14. The molecule has 2 aromatic carbocycles. The molecule has 0 aliphatic carbocycles. The average Bonchev–Trinajstić information content (AvgIpc) is 2.45. The Hall–Kier alpha value is -1.07. The van der Waals surface area contributed by atoms with Gasteiger partial charge in [-0.2, -0.15) is 0 Å². The summed E-state index contributed by atoms with van der Waals surface area (Å²) in [6, 6.07) is 11.1. The lowest BCUT2D eigenvalue weighted by molar-refractivity contribution is 0.0972. The largest absolute Gasteiger partial charge is 0.294 e. The number of hydrogen-bond donors (Lipinski definition) is 0. The predicted octanol–water partition coefficient (Wildman–Crippen LogP) is 5.83. The summed E-state index contributed by atoms with van der Waals surface area (Å²) in [6.07, 6.45) is 0.540. The molecule has 1 atom stereocenters. The maximum atomic E-state index is 13.5. The van der Waals surface area contributed by atoms with Crippen LogP contribution >= 0.6 is 31.9 Å². The first-order valence-corrected chi connectivity index (χ1v) is 8.06. The fourth-order valence-corrected chi connectivity index (χ4v) is 2.78. The number of halogens is 4. The van der Waals surface area contributed by atoms with Gasteiger partial charge in [-0.3, -0.25) is 4.79 Å². The molecule has 2 rings (SSSR count). The second kappa shape index (κ2) is 7.27. The van der Waals surface area contributed by atoms with Crippen molar-refractivity contribution in [3.8, 4) is 0 Å². The van der Waals surface area contributed by atoms with Gasteiger partial charge >= 0.3 is 0 Å². The summed E-state index contributed by atoms with van der Waals surface area (Å²) in [5.41, 5.74) is 0.563. The number of benzene rings is 2. The highest BCUT2D eigenvalue weighted by Gasteiger charge is 2.18. The van der Waals surface area contributed by atoms with Gasteiger partial charge in [0.15, 0.2) is 5.78 Å². The van der Waals surface area contributed by atoms with Gasteiger partial charge in [-0.05, 0) is 36.2 Å². The third kappa shape index (κ3) is 4.20. The fourth-order valence-electron chi connectivity index (χ4n) is 1.99. The number of hydrogen-bond acceptors (Lipinski definition) is 1. The molecule has 2 aromatic rings. The normalized spacial score (nSPS) is 12.2. The van der Waals surface area contributed by atoms with E-state index in [1.807, 2.05) is 24.3 Å². The topological polar surface area (TPSA) is 17.1 Å². The van der Waals surface area contributed by atoms with Crippen LogP contribution in [0.25, 0.3) is 0 Å². The van der Waals surface area contributed by atoms with Gasteiger partial charge in [-0.15, -0.1) is 0 Å². The summed E-state index contributed by atoms with van der Waals surface area (Å²) in [4.78, 5) is 11.9. The van der Waals surface area contributed by atoms with Crippen LogP contribution in [0.3, 0.4) is 0 Å². The number of carbonyl (C=O) groups excluding carboxylic acids is 1. The van der Waals surface area contributed by atoms with E-state index in [1.54, 1.807) is 0 Å². The Morgan fingerprint density at radius 3 is 2.19 bits per heavy atom. The van der Waals surface area contributed by atoms with Crippen LogP contribution in [0.15, 0.2) is 46.9 Å². The van der Waals surface area contributed by atoms with Crippen LogP contribution in [0.4, 0.5) is 8.78 Å². The lowest BCUT2D eigenvalue weighted by Gasteiger charge is -2.10. The summed E-state index contributed by atoms with van der Waals surface area (Å²) in [5, 5.41) is 0. The Kier molecular flexibility index (Phi) is 5.65. The van der Waals surface area contributed by atoms with E-state index >= 15 is 0 Å². The SMILES string of the molecule is O=C(CCC(Br)c1ccc(Br)cc1)c1c(F)cccc1F. The molecule has 0 fully saturated rings. The minimum absolute atomic E-state index is 0.0376. The van der Waals surface area contributed by atoms with Crippen molar-refractivity contribution in [3.63, 3.8) is 0 Å². The number of rotatable bonds is 5. The summed E-state index contributed by atoms with van der Waals surface area (Å²) >= 11 is 6.84. The van der Waals surface area contributed by atoms with Crippen molar-refractivity contribution in [2.75, 3.05) is 0 Å². The number of ketones is 1. The minimum atomic E-state index is -0.810. The molecule has 0 amide bonds. The molecule has 0 radical (unpaired) electrons. The molecule has 1 nitrogen and oxygen atoms in total. The molecule has 0 bridgehead atoms. The smallest absolute Gasteiger partial charge is 0.168 e. The molecule has 0 aliphatic heterocycles. The van der Waals surface area contributed by atoms with E-state index in [-0.39, 0.29) is 11.2 Å². The van der Waals surface area contributed by atoms with Crippen molar-refractivity contribution in [2.45, 2.75) is 17.7 Å². The molecular formula is C16H12Br2F2O. The third-order valence-corrected chi connectivity index (χ3v) is 4.61. The van der Waals surface area contributed by atoms with Crippen LogP contribution in [-0.4, -0.2) is 5.78 Å². The zero-order valence-electron chi connectivity index (χ0n) is 11.0. The molecular weight excluding hydrogens is 406 g/mol. The van der Waals surface area contributed by atoms with Crippen molar-refractivity contribution in [3.05, 3.63) is 69.7 Å². The van der Waals surface area contributed by atoms with Gasteiger partial charge in [0.05, 0.1) is 5.56 Å². The van der Waals surface area contributed by atoms with Crippen LogP contribution in [0.2, 0.25) is 0 Å². The molecule has 0 aromatic heterocycles. The van der Waals surface area contributed by atoms with Gasteiger partial charge in [0.2, 0.25) is 0 Å². The summed E-state index contributed by atoms with van der Waals surface area (Å²) < 4.78 is 28.0. The van der Waals surface area contributed by atoms with E-state index in [9.17, 15) is 13.6 Å². The van der Waals surface area contributed by atoms with Gasteiger partial charge in [0.25, 0.3) is 0 Å². The van der Waals surface area contributed by atoms with Gasteiger partial charge in [0, 0.05) is 15.7 Å². The lowest BCUT2D eigenvalue weighted by atomic mass is 10.0. The standard InChI is InChI=1S/C16H12Br2F2O/c17-11-6-4-10(5-7-11)12(18)8-9-15(21)16-13(19)2-1-3-14(16)20/h1-7,12H,8-9H2.